The predicted molar refractivity (Wildman–Crippen MR) is 92.1 cm³/mol. The number of carbonyl (C=O) groups is 1. The number of amides is 1. The van der Waals surface area contributed by atoms with Crippen LogP contribution in [-0.4, -0.2) is 18.6 Å². The van der Waals surface area contributed by atoms with Gasteiger partial charge in [0.2, 0.25) is 5.91 Å². The highest BCUT2D eigenvalue weighted by Crippen LogP contribution is 2.29. The minimum atomic E-state index is -0.468. The second kappa shape index (κ2) is 9.13. The van der Waals surface area contributed by atoms with Gasteiger partial charge in [0.1, 0.15) is 0 Å². The normalized spacial score (nSPS) is 16.5. The summed E-state index contributed by atoms with van der Waals surface area (Å²) in [6.45, 7) is 5.47. The zero-order valence-corrected chi connectivity index (χ0v) is 14.2. The van der Waals surface area contributed by atoms with E-state index in [0.717, 1.165) is 30.2 Å². The van der Waals surface area contributed by atoms with Crippen LogP contribution in [0.5, 0.6) is 0 Å². The molecule has 0 saturated heterocycles. The summed E-state index contributed by atoms with van der Waals surface area (Å²) in [6.07, 6.45) is 3.48. The molecule has 3 N–H and O–H groups in total. The molecule has 1 aromatic carbocycles. The molecule has 1 aliphatic rings. The number of anilines is 1. The fraction of sp³-hybridized carbons (Fsp3) is 0.588. The van der Waals surface area contributed by atoms with Crippen molar-refractivity contribution in [3.05, 3.63) is 29.8 Å². The highest BCUT2D eigenvalue weighted by molar-refractivity contribution is 5.94. The molecule has 5 heteroatoms. The van der Waals surface area contributed by atoms with Crippen LogP contribution in [0.25, 0.3) is 0 Å². The number of hydrogen-bond donors (Lipinski definition) is 2. The summed E-state index contributed by atoms with van der Waals surface area (Å²) in [4.78, 5) is 12.1. The molecule has 0 aromatic heterocycles. The van der Waals surface area contributed by atoms with E-state index in [-0.39, 0.29) is 24.2 Å². The quantitative estimate of drug-likeness (QED) is 0.770. The minimum absolute atomic E-state index is 0. The number of benzene rings is 1. The maximum atomic E-state index is 12.1. The van der Waals surface area contributed by atoms with Crippen molar-refractivity contribution < 1.29 is 9.53 Å². The number of rotatable bonds is 8. The molecular weight excluding hydrogens is 300 g/mol. The van der Waals surface area contributed by atoms with E-state index in [9.17, 15) is 4.79 Å². The first kappa shape index (κ1) is 18.9. The van der Waals surface area contributed by atoms with Crippen molar-refractivity contribution >= 4 is 24.0 Å². The van der Waals surface area contributed by atoms with Crippen molar-refractivity contribution in [3.8, 4) is 0 Å². The van der Waals surface area contributed by atoms with Gasteiger partial charge in [0, 0.05) is 12.3 Å². The first-order valence-corrected chi connectivity index (χ1v) is 7.83. The van der Waals surface area contributed by atoms with Crippen molar-refractivity contribution in [2.45, 2.75) is 45.8 Å². The van der Waals surface area contributed by atoms with Crippen LogP contribution in [0.1, 0.15) is 38.7 Å². The molecule has 0 spiro atoms. The summed E-state index contributed by atoms with van der Waals surface area (Å²) < 4.78 is 5.67. The van der Waals surface area contributed by atoms with E-state index in [4.69, 9.17) is 10.5 Å². The molecule has 1 aromatic rings. The third kappa shape index (κ3) is 5.95. The number of ether oxygens (including phenoxy) is 1. The van der Waals surface area contributed by atoms with Gasteiger partial charge in [-0.1, -0.05) is 32.4 Å². The summed E-state index contributed by atoms with van der Waals surface area (Å²) >= 11 is 0. The largest absolute Gasteiger partial charge is 0.376 e. The fourth-order valence-corrected chi connectivity index (χ4v) is 2.10. The monoisotopic (exact) mass is 326 g/mol. The van der Waals surface area contributed by atoms with E-state index in [0.29, 0.717) is 6.61 Å². The van der Waals surface area contributed by atoms with E-state index in [1.54, 1.807) is 0 Å². The lowest BCUT2D eigenvalue weighted by atomic mass is 9.99. The maximum Gasteiger partial charge on any atom is 0.241 e. The Balaban J connectivity index is 0.00000242. The zero-order chi connectivity index (χ0) is 15.2. The van der Waals surface area contributed by atoms with Crippen LogP contribution >= 0.6 is 12.4 Å². The lowest BCUT2D eigenvalue weighted by Gasteiger charge is -2.18. The van der Waals surface area contributed by atoms with E-state index in [1.165, 1.54) is 12.8 Å². The third-order valence-corrected chi connectivity index (χ3v) is 4.07. The molecule has 4 nitrogen and oxygen atoms in total. The number of hydrogen-bond acceptors (Lipinski definition) is 3. The predicted octanol–water partition coefficient (Wildman–Crippen LogP) is 3.35. The number of nitrogens with two attached hydrogens (primary N) is 1. The summed E-state index contributed by atoms with van der Waals surface area (Å²) in [5.74, 6) is 0.817. The Labute approximate surface area is 139 Å². The lowest BCUT2D eigenvalue weighted by Crippen LogP contribution is -2.40. The smallest absolute Gasteiger partial charge is 0.241 e. The Hall–Kier alpha value is -1.10. The molecule has 1 aliphatic carbocycles. The van der Waals surface area contributed by atoms with Crippen LogP contribution in [0.15, 0.2) is 24.3 Å². The fourth-order valence-electron chi connectivity index (χ4n) is 2.10. The van der Waals surface area contributed by atoms with Crippen molar-refractivity contribution in [3.63, 3.8) is 0 Å². The second-order valence-corrected chi connectivity index (χ2v) is 6.06. The van der Waals surface area contributed by atoms with Gasteiger partial charge in [-0.05, 0) is 42.4 Å². The van der Waals surface area contributed by atoms with Crippen molar-refractivity contribution in [1.29, 1.82) is 0 Å². The Bertz CT molecular complexity index is 477. The number of carbonyl (C=O) groups excluding carboxylic acids is 1. The van der Waals surface area contributed by atoms with E-state index in [2.05, 4.69) is 5.32 Å². The average molecular weight is 327 g/mol. The molecule has 2 atom stereocenters. The van der Waals surface area contributed by atoms with Crippen LogP contribution in [-0.2, 0) is 16.1 Å². The highest BCUT2D eigenvalue weighted by Gasteiger charge is 2.21. The van der Waals surface area contributed by atoms with Crippen molar-refractivity contribution in [1.82, 2.24) is 0 Å². The van der Waals surface area contributed by atoms with E-state index < -0.39 is 6.04 Å². The van der Waals surface area contributed by atoms with Crippen LogP contribution in [0.2, 0.25) is 0 Å². The van der Waals surface area contributed by atoms with Gasteiger partial charge in [-0.15, -0.1) is 12.4 Å². The van der Waals surface area contributed by atoms with Gasteiger partial charge < -0.3 is 15.8 Å². The summed E-state index contributed by atoms with van der Waals surface area (Å²) in [7, 11) is 0. The number of nitrogens with one attached hydrogen (secondary N) is 1. The molecule has 0 radical (unpaired) electrons. The molecule has 0 aliphatic heterocycles. The van der Waals surface area contributed by atoms with E-state index >= 15 is 0 Å². The molecule has 0 bridgehead atoms. The first-order chi connectivity index (χ1) is 10.1. The van der Waals surface area contributed by atoms with E-state index in [1.807, 2.05) is 38.1 Å². The van der Waals surface area contributed by atoms with Crippen molar-refractivity contribution in [2.24, 2.45) is 17.6 Å². The number of halogens is 1. The summed E-state index contributed by atoms with van der Waals surface area (Å²) in [6, 6.07) is 7.31. The van der Waals surface area contributed by atoms with Gasteiger partial charge in [-0.25, -0.2) is 0 Å². The Kier molecular flexibility index (Phi) is 7.87. The molecule has 22 heavy (non-hydrogen) atoms. The lowest BCUT2D eigenvalue weighted by molar-refractivity contribution is -0.118. The van der Waals surface area contributed by atoms with Crippen LogP contribution in [0.4, 0.5) is 5.69 Å². The standard InChI is InChI=1S/C17H26N2O2.ClH/c1-3-12(2)16(18)17(20)19-15-6-4-5-14(9-15)11-21-10-13-7-8-13;/h4-6,9,12-13,16H,3,7-8,10-11,18H2,1-2H3,(H,19,20);1H. The van der Waals surface area contributed by atoms with Gasteiger partial charge in [-0.2, -0.15) is 0 Å². The Morgan fingerprint density at radius 2 is 2.18 bits per heavy atom. The first-order valence-electron chi connectivity index (χ1n) is 7.83. The van der Waals surface area contributed by atoms with Crippen LogP contribution in [0, 0.1) is 11.8 Å². The molecular formula is C17H27ClN2O2. The molecule has 0 heterocycles. The van der Waals surface area contributed by atoms with Gasteiger partial charge >= 0.3 is 0 Å². The van der Waals surface area contributed by atoms with Crippen LogP contribution in [0.3, 0.4) is 0 Å². The minimum Gasteiger partial charge on any atom is -0.376 e. The zero-order valence-electron chi connectivity index (χ0n) is 13.4. The molecule has 1 amide bonds. The maximum absolute atomic E-state index is 12.1. The van der Waals surface area contributed by atoms with Crippen molar-refractivity contribution in [2.75, 3.05) is 11.9 Å². The van der Waals surface area contributed by atoms with Gasteiger partial charge in [0.05, 0.1) is 12.6 Å². The highest BCUT2D eigenvalue weighted by atomic mass is 35.5. The third-order valence-electron chi connectivity index (χ3n) is 4.07. The topological polar surface area (TPSA) is 64.4 Å². The molecule has 1 saturated carbocycles. The molecule has 2 unspecified atom stereocenters. The summed E-state index contributed by atoms with van der Waals surface area (Å²) in [5.41, 5.74) is 7.80. The van der Waals surface area contributed by atoms with Crippen LogP contribution < -0.4 is 11.1 Å². The Morgan fingerprint density at radius 1 is 1.45 bits per heavy atom. The SMILES string of the molecule is CCC(C)C(N)C(=O)Nc1cccc(COCC2CC2)c1.Cl. The second-order valence-electron chi connectivity index (χ2n) is 6.06. The van der Waals surface area contributed by atoms with Gasteiger partial charge in [-0.3, -0.25) is 4.79 Å². The summed E-state index contributed by atoms with van der Waals surface area (Å²) in [5, 5.41) is 2.89. The Morgan fingerprint density at radius 3 is 2.82 bits per heavy atom. The molecule has 2 rings (SSSR count). The van der Waals surface area contributed by atoms with Gasteiger partial charge in [0.15, 0.2) is 0 Å². The molecule has 1 fully saturated rings. The molecule has 124 valence electrons. The van der Waals surface area contributed by atoms with Gasteiger partial charge in [0.25, 0.3) is 0 Å². The average Bonchev–Trinajstić information content (AvgIpc) is 3.30.